The average molecular weight is 212 g/mol. The Morgan fingerprint density at radius 1 is 1.50 bits per heavy atom. The molecule has 14 heavy (non-hydrogen) atoms. The van der Waals surface area contributed by atoms with E-state index in [0.29, 0.717) is 0 Å². The van der Waals surface area contributed by atoms with Gasteiger partial charge < -0.3 is 9.47 Å². The summed E-state index contributed by atoms with van der Waals surface area (Å²) in [5, 5.41) is 0. The van der Waals surface area contributed by atoms with E-state index in [4.69, 9.17) is 9.47 Å². The summed E-state index contributed by atoms with van der Waals surface area (Å²) in [6, 6.07) is 0. The van der Waals surface area contributed by atoms with Crippen LogP contribution in [0.25, 0.3) is 0 Å². The van der Waals surface area contributed by atoms with Crippen LogP contribution in [-0.4, -0.2) is 16.9 Å². The third-order valence-electron chi connectivity index (χ3n) is 2.22. The molecule has 1 aliphatic heterocycles. The van der Waals surface area contributed by atoms with Gasteiger partial charge in [0.2, 0.25) is 0 Å². The maximum Gasteiger partial charge on any atom is 0.164 e. The van der Waals surface area contributed by atoms with Crippen molar-refractivity contribution in [2.24, 2.45) is 0 Å². The highest BCUT2D eigenvalue weighted by molar-refractivity contribution is 7.09. The number of hydrogen-bond donors (Lipinski definition) is 0. The Morgan fingerprint density at radius 3 is 2.64 bits per heavy atom. The lowest BCUT2D eigenvalue weighted by molar-refractivity contribution is -0.143. The molecule has 1 radical (unpaired) electrons. The van der Waals surface area contributed by atoms with Gasteiger partial charge in [-0.15, -0.1) is 11.3 Å². The first-order valence-corrected chi connectivity index (χ1v) is 5.46. The van der Waals surface area contributed by atoms with Crippen molar-refractivity contribution < 1.29 is 9.47 Å². The van der Waals surface area contributed by atoms with Crippen LogP contribution in [0, 0.1) is 13.8 Å². The second kappa shape index (κ2) is 3.29. The van der Waals surface area contributed by atoms with Crippen LogP contribution in [0.5, 0.6) is 0 Å². The van der Waals surface area contributed by atoms with Crippen LogP contribution >= 0.6 is 11.3 Å². The molecule has 0 unspecified atom stereocenters. The van der Waals surface area contributed by atoms with E-state index in [1.54, 1.807) is 11.3 Å². The fourth-order valence-corrected chi connectivity index (χ4v) is 2.52. The highest BCUT2D eigenvalue weighted by atomic mass is 32.1. The zero-order valence-electron chi connectivity index (χ0n) is 8.61. The van der Waals surface area contributed by atoms with Gasteiger partial charge in [-0.2, -0.15) is 0 Å². The number of rotatable bonds is 1. The van der Waals surface area contributed by atoms with E-state index in [1.807, 2.05) is 26.3 Å². The minimum Gasteiger partial charge on any atom is -0.344 e. The molecule has 0 amide bonds. The van der Waals surface area contributed by atoms with E-state index in [1.165, 1.54) is 0 Å². The van der Waals surface area contributed by atoms with Gasteiger partial charge in [0.1, 0.15) is 6.10 Å². The second-order valence-electron chi connectivity index (χ2n) is 3.90. The average Bonchev–Trinajstić information content (AvgIpc) is 2.55. The molecular formula is C10H14NO2S. The lowest BCUT2D eigenvalue weighted by Gasteiger charge is -2.16. The monoisotopic (exact) mass is 212 g/mol. The first kappa shape index (κ1) is 10.1. The van der Waals surface area contributed by atoms with Crippen LogP contribution in [0.3, 0.4) is 0 Å². The van der Waals surface area contributed by atoms with Crippen molar-refractivity contribution in [2.75, 3.05) is 0 Å². The van der Waals surface area contributed by atoms with E-state index >= 15 is 0 Å². The molecule has 1 aliphatic rings. The summed E-state index contributed by atoms with van der Waals surface area (Å²) in [4.78, 5) is 5.32. The molecule has 1 fully saturated rings. The number of aryl methyl sites for hydroxylation is 1. The van der Waals surface area contributed by atoms with Crippen LogP contribution in [0.2, 0.25) is 0 Å². The van der Waals surface area contributed by atoms with Crippen LogP contribution < -0.4 is 0 Å². The van der Waals surface area contributed by atoms with Crippen molar-refractivity contribution >= 4 is 11.3 Å². The fourth-order valence-electron chi connectivity index (χ4n) is 1.64. The first-order valence-electron chi connectivity index (χ1n) is 4.58. The number of aromatic nitrogens is 1. The molecule has 2 rings (SSSR count). The van der Waals surface area contributed by atoms with Gasteiger partial charge in [-0.3, -0.25) is 0 Å². The van der Waals surface area contributed by atoms with Gasteiger partial charge in [0.25, 0.3) is 0 Å². The highest BCUT2D eigenvalue weighted by Gasteiger charge is 2.40. The van der Waals surface area contributed by atoms with Crippen molar-refractivity contribution in [1.82, 2.24) is 4.98 Å². The van der Waals surface area contributed by atoms with E-state index in [-0.39, 0.29) is 12.2 Å². The largest absolute Gasteiger partial charge is 0.344 e. The smallest absolute Gasteiger partial charge is 0.164 e. The van der Waals surface area contributed by atoms with Gasteiger partial charge in [0, 0.05) is 0 Å². The summed E-state index contributed by atoms with van der Waals surface area (Å²) in [5.41, 5.74) is 2.83. The molecular weight excluding hydrogens is 198 g/mol. The maximum absolute atomic E-state index is 5.77. The molecule has 0 spiro atoms. The van der Waals surface area contributed by atoms with E-state index < -0.39 is 5.79 Å². The summed E-state index contributed by atoms with van der Waals surface area (Å²) < 4.78 is 11.4. The topological polar surface area (TPSA) is 31.4 Å². The van der Waals surface area contributed by atoms with Gasteiger partial charge in [-0.1, -0.05) is 0 Å². The predicted octanol–water partition coefficient (Wildman–Crippen LogP) is 2.48. The van der Waals surface area contributed by atoms with Crippen molar-refractivity contribution in [1.29, 1.82) is 0 Å². The summed E-state index contributed by atoms with van der Waals surface area (Å²) in [5.74, 6) is -0.534. The molecule has 1 saturated heterocycles. The number of hydrogen-bond acceptors (Lipinski definition) is 4. The summed E-state index contributed by atoms with van der Waals surface area (Å²) in [6.07, 6.45) is -0.221. The SMILES string of the molecule is [CH2][C@H]1OC(C)(C)O[C@@H]1c1scnc1C. The Morgan fingerprint density at radius 2 is 2.21 bits per heavy atom. The third kappa shape index (κ3) is 1.69. The number of thiazole rings is 1. The van der Waals surface area contributed by atoms with Crippen molar-refractivity contribution in [2.45, 2.75) is 38.8 Å². The molecule has 0 bridgehead atoms. The maximum atomic E-state index is 5.77. The summed E-state index contributed by atoms with van der Waals surface area (Å²) in [7, 11) is 0. The summed E-state index contributed by atoms with van der Waals surface area (Å²) in [6.45, 7) is 9.73. The Bertz CT molecular complexity index is 335. The fraction of sp³-hybridized carbons (Fsp3) is 0.600. The number of nitrogens with zero attached hydrogens (tertiary/aromatic N) is 1. The molecule has 3 nitrogen and oxygen atoms in total. The molecule has 0 aliphatic carbocycles. The molecule has 1 aromatic rings. The van der Waals surface area contributed by atoms with Crippen LogP contribution in [0.1, 0.15) is 30.5 Å². The zero-order chi connectivity index (χ0) is 10.3. The minimum atomic E-state index is -0.534. The quantitative estimate of drug-likeness (QED) is 0.716. The summed E-state index contributed by atoms with van der Waals surface area (Å²) >= 11 is 1.60. The van der Waals surface area contributed by atoms with Gasteiger partial charge in [-0.05, 0) is 27.7 Å². The predicted molar refractivity (Wildman–Crippen MR) is 55.0 cm³/mol. The normalized spacial score (nSPS) is 30.9. The third-order valence-corrected chi connectivity index (χ3v) is 3.22. The molecule has 4 heteroatoms. The Balaban J connectivity index is 2.25. The van der Waals surface area contributed by atoms with Crippen LogP contribution in [0.4, 0.5) is 0 Å². The Labute approximate surface area is 88.1 Å². The Kier molecular flexibility index (Phi) is 2.37. The molecule has 77 valence electrons. The molecule has 2 atom stereocenters. The lowest BCUT2D eigenvalue weighted by atomic mass is 10.2. The zero-order valence-corrected chi connectivity index (χ0v) is 9.43. The van der Waals surface area contributed by atoms with E-state index in [0.717, 1.165) is 10.6 Å². The van der Waals surface area contributed by atoms with Gasteiger partial charge in [-0.25, -0.2) is 4.98 Å². The first-order chi connectivity index (χ1) is 6.49. The molecule has 0 N–H and O–H groups in total. The van der Waals surface area contributed by atoms with Crippen molar-refractivity contribution in [3.8, 4) is 0 Å². The Hall–Kier alpha value is -0.450. The van der Waals surface area contributed by atoms with Gasteiger partial charge in [0.05, 0.1) is 22.2 Å². The highest BCUT2D eigenvalue weighted by Crippen LogP contribution is 2.40. The minimum absolute atomic E-state index is 0.0718. The molecule has 0 saturated carbocycles. The standard InChI is InChI=1S/C10H14NO2S/c1-6-9(14-5-11-6)8-7(2)12-10(3,4)13-8/h5,7-8H,2H2,1,3-4H3/t7-,8+/m1/s1. The molecule has 0 aromatic carbocycles. The van der Waals surface area contributed by atoms with Gasteiger partial charge >= 0.3 is 0 Å². The van der Waals surface area contributed by atoms with E-state index in [9.17, 15) is 0 Å². The molecule has 2 heterocycles. The number of ether oxygens (including phenoxy) is 2. The van der Waals surface area contributed by atoms with E-state index in [2.05, 4.69) is 11.9 Å². The van der Waals surface area contributed by atoms with Crippen molar-refractivity contribution in [3.63, 3.8) is 0 Å². The van der Waals surface area contributed by atoms with Crippen LogP contribution in [0.15, 0.2) is 5.51 Å². The second-order valence-corrected chi connectivity index (χ2v) is 4.78. The van der Waals surface area contributed by atoms with Gasteiger partial charge in [0.15, 0.2) is 5.79 Å². The molecule has 1 aromatic heterocycles. The lowest BCUT2D eigenvalue weighted by Crippen LogP contribution is -2.20. The van der Waals surface area contributed by atoms with Crippen LogP contribution in [-0.2, 0) is 9.47 Å². The van der Waals surface area contributed by atoms with Crippen molar-refractivity contribution in [3.05, 3.63) is 23.0 Å².